The Hall–Kier alpha value is -2.89. The second kappa shape index (κ2) is 8.47. The van der Waals surface area contributed by atoms with Crippen LogP contribution in [0.5, 0.6) is 5.75 Å². The Labute approximate surface area is 152 Å². The van der Waals surface area contributed by atoms with Crippen molar-refractivity contribution in [2.24, 2.45) is 0 Å². The minimum Gasteiger partial charge on any atom is -0.497 e. The molecule has 0 saturated heterocycles. The van der Waals surface area contributed by atoms with E-state index in [1.54, 1.807) is 12.1 Å². The van der Waals surface area contributed by atoms with Gasteiger partial charge in [0.05, 0.1) is 12.7 Å². The van der Waals surface area contributed by atoms with Crippen molar-refractivity contribution in [2.75, 3.05) is 12.4 Å². The first kappa shape index (κ1) is 19.4. The van der Waals surface area contributed by atoms with E-state index < -0.39 is 23.8 Å². The summed E-state index contributed by atoms with van der Waals surface area (Å²) in [7, 11) is 1.40. The van der Waals surface area contributed by atoms with Crippen LogP contribution in [0.25, 0.3) is 0 Å². The van der Waals surface area contributed by atoms with Gasteiger partial charge >= 0.3 is 5.97 Å². The van der Waals surface area contributed by atoms with Crippen LogP contribution in [0.2, 0.25) is 0 Å². The number of hydrogen-bond donors (Lipinski definition) is 1. The third kappa shape index (κ3) is 4.81. The molecule has 0 aliphatic heterocycles. The zero-order valence-electron chi connectivity index (χ0n) is 15.2. The fraction of sp³-hybridized carbons (Fsp3) is 0.300. The Morgan fingerprint density at radius 2 is 1.69 bits per heavy atom. The Morgan fingerprint density at radius 3 is 2.23 bits per heavy atom. The number of nitrogens with one attached hydrogen (secondary N) is 1. The van der Waals surface area contributed by atoms with Crippen LogP contribution in [0.3, 0.4) is 0 Å². The molecule has 138 valence electrons. The number of ether oxygens (including phenoxy) is 2. The molecule has 26 heavy (non-hydrogen) atoms. The molecule has 0 spiro atoms. The molecule has 0 heterocycles. The third-order valence-corrected chi connectivity index (χ3v) is 3.89. The number of methoxy groups -OCH3 is 1. The number of hydrogen-bond acceptors (Lipinski definition) is 4. The lowest BCUT2D eigenvalue weighted by atomic mass is 10.0. The minimum absolute atomic E-state index is 0.258. The fourth-order valence-corrected chi connectivity index (χ4v) is 2.26. The van der Waals surface area contributed by atoms with Crippen LogP contribution in [-0.2, 0) is 9.53 Å². The molecule has 0 saturated carbocycles. The van der Waals surface area contributed by atoms with Crippen molar-refractivity contribution < 1.29 is 23.5 Å². The molecule has 0 aliphatic carbocycles. The van der Waals surface area contributed by atoms with E-state index in [9.17, 15) is 14.0 Å². The normalized spacial score (nSPS) is 11.8. The topological polar surface area (TPSA) is 64.6 Å². The highest BCUT2D eigenvalue weighted by atomic mass is 19.1. The maximum atomic E-state index is 13.9. The van der Waals surface area contributed by atoms with Crippen molar-refractivity contribution in [1.29, 1.82) is 0 Å². The molecule has 0 fully saturated rings. The van der Waals surface area contributed by atoms with Gasteiger partial charge in [0.25, 0.3) is 5.91 Å². The molecule has 0 unspecified atom stereocenters. The Morgan fingerprint density at radius 1 is 1.04 bits per heavy atom. The number of halogens is 1. The van der Waals surface area contributed by atoms with Crippen LogP contribution in [0.4, 0.5) is 10.1 Å². The molecule has 2 aromatic rings. The quantitative estimate of drug-likeness (QED) is 0.787. The average molecular weight is 359 g/mol. The lowest BCUT2D eigenvalue weighted by molar-refractivity contribution is -0.123. The minimum atomic E-state index is -1.08. The molecule has 0 aliphatic rings. The van der Waals surface area contributed by atoms with Gasteiger partial charge < -0.3 is 14.8 Å². The van der Waals surface area contributed by atoms with Crippen LogP contribution >= 0.6 is 0 Å². The number of carbonyl (C=O) groups excluding carboxylic acids is 2. The molecule has 1 amide bonds. The van der Waals surface area contributed by atoms with Crippen LogP contribution in [0.1, 0.15) is 42.6 Å². The first-order valence-corrected chi connectivity index (χ1v) is 8.27. The van der Waals surface area contributed by atoms with Gasteiger partial charge in [-0.1, -0.05) is 26.0 Å². The summed E-state index contributed by atoms with van der Waals surface area (Å²) < 4.78 is 23.8. The van der Waals surface area contributed by atoms with Crippen LogP contribution in [0, 0.1) is 5.82 Å². The summed E-state index contributed by atoms with van der Waals surface area (Å²) in [6.45, 7) is 5.58. The van der Waals surface area contributed by atoms with Crippen molar-refractivity contribution in [3.05, 3.63) is 59.4 Å². The summed E-state index contributed by atoms with van der Waals surface area (Å²) in [6, 6.07) is 11.2. The van der Waals surface area contributed by atoms with Gasteiger partial charge in [0.1, 0.15) is 11.6 Å². The predicted octanol–water partition coefficient (Wildman–Crippen LogP) is 4.14. The molecule has 0 aromatic heterocycles. The standard InChI is InChI=1S/C20H22FNO4/c1-12(2)14-5-7-15(8-6-14)22-19(23)13(3)26-20(24)17-10-9-16(25-4)11-18(17)21/h5-13H,1-4H3,(H,22,23)/t13-/m1/s1. The van der Waals surface area contributed by atoms with E-state index in [2.05, 4.69) is 19.2 Å². The highest BCUT2D eigenvalue weighted by Gasteiger charge is 2.21. The summed E-state index contributed by atoms with van der Waals surface area (Å²) in [5.74, 6) is -1.51. The van der Waals surface area contributed by atoms with Gasteiger partial charge in [-0.3, -0.25) is 4.79 Å². The van der Waals surface area contributed by atoms with E-state index >= 15 is 0 Å². The van der Waals surface area contributed by atoms with E-state index in [0.29, 0.717) is 11.6 Å². The summed E-state index contributed by atoms with van der Waals surface area (Å²) in [5, 5.41) is 2.67. The second-order valence-corrected chi connectivity index (χ2v) is 6.16. The van der Waals surface area contributed by atoms with E-state index in [1.807, 2.05) is 12.1 Å². The second-order valence-electron chi connectivity index (χ2n) is 6.16. The fourth-order valence-electron chi connectivity index (χ4n) is 2.26. The number of benzene rings is 2. The smallest absolute Gasteiger partial charge is 0.341 e. The third-order valence-electron chi connectivity index (χ3n) is 3.89. The van der Waals surface area contributed by atoms with Crippen molar-refractivity contribution in [1.82, 2.24) is 0 Å². The zero-order chi connectivity index (χ0) is 19.3. The SMILES string of the molecule is COc1ccc(C(=O)O[C@H](C)C(=O)Nc2ccc(C(C)C)cc2)c(F)c1. The van der Waals surface area contributed by atoms with Gasteiger partial charge in [-0.2, -0.15) is 0 Å². The molecular formula is C20H22FNO4. The van der Waals surface area contributed by atoms with E-state index in [-0.39, 0.29) is 11.3 Å². The highest BCUT2D eigenvalue weighted by Crippen LogP contribution is 2.19. The number of anilines is 1. The summed E-state index contributed by atoms with van der Waals surface area (Å²) in [6.07, 6.45) is -1.08. The van der Waals surface area contributed by atoms with Gasteiger partial charge in [-0.05, 0) is 42.7 Å². The van der Waals surface area contributed by atoms with Crippen molar-refractivity contribution in [3.63, 3.8) is 0 Å². The molecule has 2 aromatic carbocycles. The summed E-state index contributed by atoms with van der Waals surface area (Å²) >= 11 is 0. The Balaban J connectivity index is 1.98. The van der Waals surface area contributed by atoms with Gasteiger partial charge in [-0.15, -0.1) is 0 Å². The average Bonchev–Trinajstić information content (AvgIpc) is 2.61. The van der Waals surface area contributed by atoms with E-state index in [4.69, 9.17) is 9.47 Å². The Bertz CT molecular complexity index is 787. The first-order chi connectivity index (χ1) is 12.3. The molecule has 1 N–H and O–H groups in total. The highest BCUT2D eigenvalue weighted by molar-refractivity contribution is 5.97. The molecular weight excluding hydrogens is 337 g/mol. The van der Waals surface area contributed by atoms with Crippen LogP contribution < -0.4 is 10.1 Å². The molecule has 1 atom stereocenters. The largest absolute Gasteiger partial charge is 0.497 e. The van der Waals surface area contributed by atoms with Crippen LogP contribution in [0.15, 0.2) is 42.5 Å². The molecule has 2 rings (SSSR count). The first-order valence-electron chi connectivity index (χ1n) is 8.27. The van der Waals surface area contributed by atoms with Gasteiger partial charge in [0, 0.05) is 11.8 Å². The predicted molar refractivity (Wildman–Crippen MR) is 97.0 cm³/mol. The van der Waals surface area contributed by atoms with Crippen LogP contribution in [-0.4, -0.2) is 25.1 Å². The van der Waals surface area contributed by atoms with Gasteiger partial charge in [-0.25, -0.2) is 9.18 Å². The zero-order valence-corrected chi connectivity index (χ0v) is 15.2. The Kier molecular flexibility index (Phi) is 6.33. The lowest BCUT2D eigenvalue weighted by Gasteiger charge is -2.14. The maximum absolute atomic E-state index is 13.9. The molecule has 0 radical (unpaired) electrons. The molecule has 5 nitrogen and oxygen atoms in total. The lowest BCUT2D eigenvalue weighted by Crippen LogP contribution is -2.30. The number of carbonyl (C=O) groups is 2. The number of amides is 1. The monoisotopic (exact) mass is 359 g/mol. The molecule has 6 heteroatoms. The van der Waals surface area contributed by atoms with Crippen molar-refractivity contribution >= 4 is 17.6 Å². The number of rotatable bonds is 6. The maximum Gasteiger partial charge on any atom is 0.341 e. The summed E-state index contributed by atoms with van der Waals surface area (Å²) in [5.41, 5.74) is 1.49. The van der Waals surface area contributed by atoms with Crippen molar-refractivity contribution in [2.45, 2.75) is 32.8 Å². The number of esters is 1. The van der Waals surface area contributed by atoms with Gasteiger partial charge in [0.15, 0.2) is 6.10 Å². The van der Waals surface area contributed by atoms with Gasteiger partial charge in [0.2, 0.25) is 0 Å². The van der Waals surface area contributed by atoms with E-state index in [0.717, 1.165) is 11.6 Å². The van der Waals surface area contributed by atoms with Crippen molar-refractivity contribution in [3.8, 4) is 5.75 Å². The summed E-state index contributed by atoms with van der Waals surface area (Å²) in [4.78, 5) is 24.3. The molecule has 0 bridgehead atoms. The van der Waals surface area contributed by atoms with E-state index in [1.165, 1.54) is 26.2 Å².